The van der Waals surface area contributed by atoms with Crippen LogP contribution in [0, 0.1) is 0 Å². The van der Waals surface area contributed by atoms with Gasteiger partial charge in [-0.2, -0.15) is 0 Å². The lowest BCUT2D eigenvalue weighted by molar-refractivity contribution is 0.259. The first-order chi connectivity index (χ1) is 9.10. The minimum atomic E-state index is -0.670. The van der Waals surface area contributed by atoms with Gasteiger partial charge in [0.25, 0.3) is 0 Å². The van der Waals surface area contributed by atoms with Gasteiger partial charge in [0.05, 0.1) is 30.5 Å². The van der Waals surface area contributed by atoms with Gasteiger partial charge in [-0.3, -0.25) is 0 Å². The van der Waals surface area contributed by atoms with E-state index >= 15 is 0 Å². The molecule has 0 amide bonds. The molecule has 0 radical (unpaired) electrons. The lowest BCUT2D eigenvalue weighted by Gasteiger charge is -2.21. The molecule has 6 heteroatoms. The van der Waals surface area contributed by atoms with Crippen molar-refractivity contribution in [2.45, 2.75) is 5.56 Å². The van der Waals surface area contributed by atoms with Crippen LogP contribution in [0.4, 0.5) is 0 Å². The van der Waals surface area contributed by atoms with Crippen molar-refractivity contribution in [1.82, 2.24) is 0 Å². The van der Waals surface area contributed by atoms with Gasteiger partial charge in [-0.25, -0.2) is 0 Å². The largest absolute Gasteiger partial charge is 0.495 e. The van der Waals surface area contributed by atoms with Crippen LogP contribution in [0.15, 0.2) is 24.5 Å². The van der Waals surface area contributed by atoms with Crippen LogP contribution in [0.1, 0.15) is 5.56 Å². The van der Waals surface area contributed by atoms with Crippen LogP contribution in [0.5, 0.6) is 11.5 Å². The molecule has 0 saturated carbocycles. The summed E-state index contributed by atoms with van der Waals surface area (Å²) in [5.74, 6) is 0.912. The summed E-state index contributed by atoms with van der Waals surface area (Å²) in [5, 5.41) is 0.730. The van der Waals surface area contributed by atoms with Gasteiger partial charge in [0.1, 0.15) is 11.5 Å². The highest BCUT2D eigenvalue weighted by molar-refractivity contribution is 6.40. The highest BCUT2D eigenvalue weighted by atomic mass is 35.5. The second-order valence-corrected chi connectivity index (χ2v) is 4.84. The van der Waals surface area contributed by atoms with Crippen molar-refractivity contribution in [2.75, 3.05) is 14.2 Å². The Morgan fingerprint density at radius 3 is 2.16 bits per heavy atom. The van der Waals surface area contributed by atoms with Gasteiger partial charge in [-0.1, -0.05) is 40.9 Å². The predicted octanol–water partition coefficient (Wildman–Crippen LogP) is 4.50. The lowest BCUT2D eigenvalue weighted by atomic mass is 10.0. The van der Waals surface area contributed by atoms with Crippen LogP contribution in [-0.2, 0) is 4.74 Å². The first-order valence-electron chi connectivity index (χ1n) is 5.36. The third-order valence-corrected chi connectivity index (χ3v) is 3.75. The zero-order valence-electron chi connectivity index (χ0n) is 10.2. The van der Waals surface area contributed by atoms with E-state index in [1.807, 2.05) is 0 Å². The van der Waals surface area contributed by atoms with E-state index in [0.717, 1.165) is 0 Å². The summed E-state index contributed by atoms with van der Waals surface area (Å²) in [6.45, 7) is 0. The Hall–Kier alpha value is -1.03. The fourth-order valence-electron chi connectivity index (χ4n) is 1.74. The molecule has 19 heavy (non-hydrogen) atoms. The van der Waals surface area contributed by atoms with Crippen molar-refractivity contribution in [3.63, 3.8) is 0 Å². The van der Waals surface area contributed by atoms with Crippen molar-refractivity contribution in [3.05, 3.63) is 40.1 Å². The summed E-state index contributed by atoms with van der Waals surface area (Å²) in [6.07, 6.45) is 5.00. The SMILES string of the molecule is COc1cc(OC)c(Cl)c(C2=CC=COC2Cl)c1Cl. The number of benzene rings is 1. The van der Waals surface area contributed by atoms with Crippen LogP contribution < -0.4 is 9.47 Å². The van der Waals surface area contributed by atoms with Crippen LogP contribution >= 0.6 is 34.8 Å². The third kappa shape index (κ3) is 2.64. The minimum Gasteiger partial charge on any atom is -0.495 e. The fraction of sp³-hybridized carbons (Fsp3) is 0.231. The smallest absolute Gasteiger partial charge is 0.197 e. The molecular weight excluding hydrogens is 310 g/mol. The number of methoxy groups -OCH3 is 2. The number of hydrogen-bond donors (Lipinski definition) is 0. The maximum absolute atomic E-state index is 6.30. The highest BCUT2D eigenvalue weighted by Gasteiger charge is 2.25. The summed E-state index contributed by atoms with van der Waals surface area (Å²) in [6, 6.07) is 1.62. The fourth-order valence-corrected chi connectivity index (χ4v) is 2.70. The van der Waals surface area contributed by atoms with Crippen molar-refractivity contribution in [1.29, 1.82) is 0 Å². The van der Waals surface area contributed by atoms with E-state index in [0.29, 0.717) is 32.7 Å². The maximum atomic E-state index is 6.30. The Bertz CT molecular complexity index is 524. The first-order valence-corrected chi connectivity index (χ1v) is 6.56. The maximum Gasteiger partial charge on any atom is 0.197 e. The summed E-state index contributed by atoms with van der Waals surface area (Å²) in [7, 11) is 3.03. The number of rotatable bonds is 3. The average molecular weight is 322 g/mol. The summed E-state index contributed by atoms with van der Waals surface area (Å²) in [5.41, 5.74) is 0.525. The molecule has 0 bridgehead atoms. The van der Waals surface area contributed by atoms with Gasteiger partial charge in [-0.15, -0.1) is 0 Å². The second kappa shape index (κ2) is 5.95. The number of hydrogen-bond acceptors (Lipinski definition) is 3. The van der Waals surface area contributed by atoms with E-state index in [1.54, 1.807) is 18.2 Å². The molecule has 2 rings (SSSR count). The molecule has 1 unspecified atom stereocenters. The van der Waals surface area contributed by atoms with E-state index < -0.39 is 5.56 Å². The zero-order chi connectivity index (χ0) is 14.0. The van der Waals surface area contributed by atoms with E-state index in [2.05, 4.69) is 0 Å². The molecule has 0 saturated heterocycles. The quantitative estimate of drug-likeness (QED) is 0.767. The molecule has 1 heterocycles. The van der Waals surface area contributed by atoms with Crippen molar-refractivity contribution >= 4 is 40.4 Å². The number of allylic oxidation sites excluding steroid dienone is 2. The second-order valence-electron chi connectivity index (χ2n) is 3.69. The molecule has 0 N–H and O–H groups in total. The molecule has 0 fully saturated rings. The van der Waals surface area contributed by atoms with Crippen LogP contribution in [0.25, 0.3) is 5.57 Å². The van der Waals surface area contributed by atoms with E-state index in [1.165, 1.54) is 20.5 Å². The number of ether oxygens (including phenoxy) is 3. The minimum absolute atomic E-state index is 0.365. The predicted molar refractivity (Wildman–Crippen MR) is 77.4 cm³/mol. The van der Waals surface area contributed by atoms with Gasteiger partial charge >= 0.3 is 0 Å². The average Bonchev–Trinajstić information content (AvgIpc) is 2.41. The molecule has 1 aliphatic rings. The molecule has 1 aromatic carbocycles. The molecule has 102 valence electrons. The molecular formula is C13H11Cl3O3. The van der Waals surface area contributed by atoms with Gasteiger partial charge in [0.2, 0.25) is 0 Å². The Kier molecular flexibility index (Phi) is 4.50. The van der Waals surface area contributed by atoms with Crippen LogP contribution in [0.3, 0.4) is 0 Å². The molecule has 0 spiro atoms. The lowest BCUT2D eigenvalue weighted by Crippen LogP contribution is -2.08. The van der Waals surface area contributed by atoms with Crippen molar-refractivity contribution < 1.29 is 14.2 Å². The van der Waals surface area contributed by atoms with Gasteiger partial charge in [-0.05, 0) is 6.08 Å². The van der Waals surface area contributed by atoms with Crippen molar-refractivity contribution in [2.24, 2.45) is 0 Å². The van der Waals surface area contributed by atoms with Gasteiger partial charge < -0.3 is 14.2 Å². The van der Waals surface area contributed by atoms with Gasteiger partial charge in [0.15, 0.2) is 5.56 Å². The normalized spacial score (nSPS) is 17.7. The Morgan fingerprint density at radius 1 is 1.11 bits per heavy atom. The standard InChI is InChI=1S/C13H11Cl3O3/c1-17-8-6-9(18-2)12(15)10(11(8)14)7-4-3-5-19-13(7)16/h3-6,13H,1-2H3. The molecule has 0 aromatic heterocycles. The Morgan fingerprint density at radius 2 is 1.68 bits per heavy atom. The molecule has 1 aromatic rings. The number of halogens is 3. The summed E-state index contributed by atoms with van der Waals surface area (Å²) in [4.78, 5) is 0. The monoisotopic (exact) mass is 320 g/mol. The summed E-state index contributed by atoms with van der Waals surface area (Å²) >= 11 is 18.7. The van der Waals surface area contributed by atoms with E-state index in [9.17, 15) is 0 Å². The van der Waals surface area contributed by atoms with Crippen molar-refractivity contribution in [3.8, 4) is 11.5 Å². The van der Waals surface area contributed by atoms with Gasteiger partial charge in [0, 0.05) is 17.2 Å². The molecule has 1 aliphatic heterocycles. The van der Waals surface area contributed by atoms with Crippen LogP contribution in [0.2, 0.25) is 10.0 Å². The molecule has 3 nitrogen and oxygen atoms in total. The van der Waals surface area contributed by atoms with Crippen LogP contribution in [-0.4, -0.2) is 19.8 Å². The highest BCUT2D eigenvalue weighted by Crippen LogP contribution is 2.45. The summed E-state index contributed by atoms with van der Waals surface area (Å²) < 4.78 is 15.6. The Labute approximate surface area is 126 Å². The Balaban J connectivity index is 2.67. The van der Waals surface area contributed by atoms with E-state index in [-0.39, 0.29) is 0 Å². The topological polar surface area (TPSA) is 27.7 Å². The first kappa shape index (κ1) is 14.4. The number of alkyl halides is 1. The molecule has 1 atom stereocenters. The zero-order valence-corrected chi connectivity index (χ0v) is 12.5. The molecule has 0 aliphatic carbocycles. The van der Waals surface area contributed by atoms with E-state index in [4.69, 9.17) is 49.0 Å². The third-order valence-electron chi connectivity index (χ3n) is 2.66.